The predicted octanol–water partition coefficient (Wildman–Crippen LogP) is 3.66. The van der Waals surface area contributed by atoms with Crippen LogP contribution >= 0.6 is 24.0 Å². The van der Waals surface area contributed by atoms with E-state index < -0.39 is 6.10 Å². The average molecular weight is 567 g/mol. The number of aliphatic imine (C=N–C) groups is 1. The van der Waals surface area contributed by atoms with Crippen molar-refractivity contribution in [3.05, 3.63) is 53.9 Å². The lowest BCUT2D eigenvalue weighted by Gasteiger charge is -2.15. The highest BCUT2D eigenvalue weighted by Gasteiger charge is 2.12. The van der Waals surface area contributed by atoms with Crippen molar-refractivity contribution in [1.82, 2.24) is 20.2 Å². The molecule has 0 aliphatic heterocycles. The SMILES string of the molecule is CCNC(=NCC(O)c1ccc(OC)c(OC)c1)NCCCn1c(C)nc2ccccc21.I. The molecule has 0 aliphatic rings. The Morgan fingerprint density at radius 2 is 1.88 bits per heavy atom. The number of para-hydroxylation sites is 2. The summed E-state index contributed by atoms with van der Waals surface area (Å²) in [4.78, 5) is 9.16. The van der Waals surface area contributed by atoms with E-state index in [1.54, 1.807) is 26.4 Å². The molecule has 1 aromatic heterocycles. The molecule has 9 heteroatoms. The number of aliphatic hydroxyl groups is 1. The van der Waals surface area contributed by atoms with Gasteiger partial charge in [0.15, 0.2) is 17.5 Å². The molecular formula is C24H34IN5O3. The van der Waals surface area contributed by atoms with Crippen LogP contribution in [0, 0.1) is 6.92 Å². The number of rotatable bonds is 10. The van der Waals surface area contributed by atoms with Gasteiger partial charge in [-0.15, -0.1) is 24.0 Å². The minimum absolute atomic E-state index is 0. The molecule has 8 nitrogen and oxygen atoms in total. The van der Waals surface area contributed by atoms with Crippen LogP contribution in [-0.4, -0.2) is 54.5 Å². The van der Waals surface area contributed by atoms with E-state index in [0.717, 1.165) is 48.5 Å². The van der Waals surface area contributed by atoms with E-state index in [2.05, 4.69) is 31.2 Å². The molecule has 180 valence electrons. The number of imidazole rings is 1. The number of aliphatic hydroxyl groups excluding tert-OH is 1. The van der Waals surface area contributed by atoms with Gasteiger partial charge in [0, 0.05) is 19.6 Å². The normalized spacial score (nSPS) is 12.2. The molecule has 0 bridgehead atoms. The van der Waals surface area contributed by atoms with Crippen LogP contribution in [0.5, 0.6) is 11.5 Å². The third-order valence-corrected chi connectivity index (χ3v) is 5.26. The number of benzene rings is 2. The number of hydrogen-bond donors (Lipinski definition) is 3. The van der Waals surface area contributed by atoms with Crippen molar-refractivity contribution in [2.45, 2.75) is 32.9 Å². The Bertz CT molecular complexity index is 1050. The Labute approximate surface area is 212 Å². The number of hydrogen-bond acceptors (Lipinski definition) is 5. The number of aromatic nitrogens is 2. The van der Waals surface area contributed by atoms with E-state index in [1.165, 1.54) is 0 Å². The highest BCUT2D eigenvalue weighted by molar-refractivity contribution is 14.0. The Balaban J connectivity index is 0.00000385. The van der Waals surface area contributed by atoms with Gasteiger partial charge >= 0.3 is 0 Å². The van der Waals surface area contributed by atoms with E-state index in [1.807, 2.05) is 38.1 Å². The maximum Gasteiger partial charge on any atom is 0.191 e. The van der Waals surface area contributed by atoms with E-state index in [4.69, 9.17) is 9.47 Å². The summed E-state index contributed by atoms with van der Waals surface area (Å²) in [5.74, 6) is 2.91. The maximum absolute atomic E-state index is 10.6. The summed E-state index contributed by atoms with van der Waals surface area (Å²) in [6.07, 6.45) is 0.175. The lowest BCUT2D eigenvalue weighted by atomic mass is 10.1. The zero-order chi connectivity index (χ0) is 22.9. The van der Waals surface area contributed by atoms with E-state index >= 15 is 0 Å². The molecule has 1 atom stereocenters. The number of nitrogens with one attached hydrogen (secondary N) is 2. The van der Waals surface area contributed by atoms with Gasteiger partial charge in [0.05, 0.1) is 37.9 Å². The molecule has 0 radical (unpaired) electrons. The van der Waals surface area contributed by atoms with Crippen LogP contribution in [-0.2, 0) is 6.54 Å². The van der Waals surface area contributed by atoms with E-state index in [9.17, 15) is 5.11 Å². The van der Waals surface area contributed by atoms with Crippen LogP contribution in [0.15, 0.2) is 47.5 Å². The molecular weight excluding hydrogens is 533 g/mol. The molecule has 2 aromatic carbocycles. The molecule has 0 saturated heterocycles. The van der Waals surface area contributed by atoms with E-state index in [-0.39, 0.29) is 30.5 Å². The number of fused-ring (bicyclic) bond motifs is 1. The van der Waals surface area contributed by atoms with Gasteiger partial charge in [0.2, 0.25) is 0 Å². The second-order valence-electron chi connectivity index (χ2n) is 7.43. The summed E-state index contributed by atoms with van der Waals surface area (Å²) in [6, 6.07) is 13.6. The van der Waals surface area contributed by atoms with Crippen molar-refractivity contribution in [3.63, 3.8) is 0 Å². The molecule has 0 saturated carbocycles. The van der Waals surface area contributed by atoms with Crippen molar-refractivity contribution < 1.29 is 14.6 Å². The smallest absolute Gasteiger partial charge is 0.191 e. The summed E-state index contributed by atoms with van der Waals surface area (Å²) in [5, 5.41) is 17.2. The lowest BCUT2D eigenvalue weighted by Crippen LogP contribution is -2.38. The van der Waals surface area contributed by atoms with Gasteiger partial charge < -0.3 is 29.8 Å². The van der Waals surface area contributed by atoms with Crippen LogP contribution < -0.4 is 20.1 Å². The summed E-state index contributed by atoms with van der Waals surface area (Å²) >= 11 is 0. The molecule has 0 amide bonds. The fraction of sp³-hybridized carbons (Fsp3) is 0.417. The number of methoxy groups -OCH3 is 2. The Morgan fingerprint density at radius 1 is 1.12 bits per heavy atom. The van der Waals surface area contributed by atoms with Crippen molar-refractivity contribution in [2.75, 3.05) is 33.9 Å². The summed E-state index contributed by atoms with van der Waals surface area (Å²) < 4.78 is 12.8. The average Bonchev–Trinajstić information content (AvgIpc) is 3.14. The van der Waals surface area contributed by atoms with Gasteiger partial charge in [-0.2, -0.15) is 0 Å². The Hall–Kier alpha value is -2.53. The Morgan fingerprint density at radius 3 is 2.61 bits per heavy atom. The van der Waals surface area contributed by atoms with Crippen molar-refractivity contribution >= 4 is 41.0 Å². The fourth-order valence-electron chi connectivity index (χ4n) is 3.61. The van der Waals surface area contributed by atoms with E-state index in [0.29, 0.717) is 17.5 Å². The molecule has 1 heterocycles. The molecule has 3 rings (SSSR count). The quantitative estimate of drug-likeness (QED) is 0.150. The second kappa shape index (κ2) is 13.2. The molecule has 0 fully saturated rings. The number of nitrogens with zero attached hydrogens (tertiary/aromatic N) is 3. The molecule has 33 heavy (non-hydrogen) atoms. The first-order valence-electron chi connectivity index (χ1n) is 10.9. The van der Waals surface area contributed by atoms with Gasteiger partial charge in [-0.1, -0.05) is 18.2 Å². The topological polar surface area (TPSA) is 92.9 Å². The summed E-state index contributed by atoms with van der Waals surface area (Å²) in [5.41, 5.74) is 2.91. The minimum atomic E-state index is -0.745. The lowest BCUT2D eigenvalue weighted by molar-refractivity contribution is 0.186. The number of guanidine groups is 1. The standard InChI is InChI=1S/C24H33N5O3.HI/c1-5-25-24(27-16-21(30)18-11-12-22(31-3)23(15-18)32-4)26-13-8-14-29-17(2)28-19-9-6-7-10-20(19)29;/h6-7,9-12,15,21,30H,5,8,13-14,16H2,1-4H3,(H2,25,26,27);1H. The molecule has 3 aromatic rings. The predicted molar refractivity (Wildman–Crippen MR) is 143 cm³/mol. The fourth-order valence-corrected chi connectivity index (χ4v) is 3.61. The van der Waals surface area contributed by atoms with Gasteiger partial charge in [0.1, 0.15) is 5.82 Å². The second-order valence-corrected chi connectivity index (χ2v) is 7.43. The largest absolute Gasteiger partial charge is 0.493 e. The van der Waals surface area contributed by atoms with Crippen LogP contribution in [0.3, 0.4) is 0 Å². The number of aryl methyl sites for hydroxylation is 2. The van der Waals surface area contributed by atoms with Gasteiger partial charge in [-0.25, -0.2) is 4.98 Å². The first kappa shape index (κ1) is 26.7. The van der Waals surface area contributed by atoms with Gasteiger partial charge in [0.25, 0.3) is 0 Å². The molecule has 0 spiro atoms. The third kappa shape index (κ3) is 6.97. The van der Waals surface area contributed by atoms with Crippen molar-refractivity contribution in [3.8, 4) is 11.5 Å². The van der Waals surface area contributed by atoms with Crippen molar-refractivity contribution in [2.24, 2.45) is 4.99 Å². The first-order valence-corrected chi connectivity index (χ1v) is 10.9. The summed E-state index contributed by atoms with van der Waals surface area (Å²) in [7, 11) is 3.16. The summed E-state index contributed by atoms with van der Waals surface area (Å²) in [6.45, 7) is 6.65. The highest BCUT2D eigenvalue weighted by Crippen LogP contribution is 2.30. The molecule has 1 unspecified atom stereocenters. The van der Waals surface area contributed by atoms with Crippen molar-refractivity contribution in [1.29, 1.82) is 0 Å². The van der Waals surface area contributed by atoms with Gasteiger partial charge in [-0.05, 0) is 50.1 Å². The minimum Gasteiger partial charge on any atom is -0.493 e. The number of ether oxygens (including phenoxy) is 2. The zero-order valence-electron chi connectivity index (χ0n) is 19.7. The highest BCUT2D eigenvalue weighted by atomic mass is 127. The van der Waals surface area contributed by atoms with Crippen LogP contribution in [0.4, 0.5) is 0 Å². The zero-order valence-corrected chi connectivity index (χ0v) is 22.0. The van der Waals surface area contributed by atoms with Crippen LogP contribution in [0.1, 0.15) is 30.8 Å². The Kier molecular flexibility index (Phi) is 10.7. The van der Waals surface area contributed by atoms with Gasteiger partial charge in [-0.3, -0.25) is 4.99 Å². The third-order valence-electron chi connectivity index (χ3n) is 5.26. The number of halogens is 1. The maximum atomic E-state index is 10.6. The van der Waals surface area contributed by atoms with Crippen LogP contribution in [0.25, 0.3) is 11.0 Å². The first-order chi connectivity index (χ1) is 15.6. The van der Waals surface area contributed by atoms with Crippen LogP contribution in [0.2, 0.25) is 0 Å². The molecule has 3 N–H and O–H groups in total. The monoisotopic (exact) mass is 567 g/mol. The molecule has 0 aliphatic carbocycles.